The average Bonchev–Trinajstić information content (AvgIpc) is 2.70. The lowest BCUT2D eigenvalue weighted by molar-refractivity contribution is -0.143. The molecule has 1 aromatic heterocycles. The normalized spacial score (nSPS) is 14.3. The summed E-state index contributed by atoms with van der Waals surface area (Å²) in [5.41, 5.74) is 0. The summed E-state index contributed by atoms with van der Waals surface area (Å²) in [7, 11) is 0. The summed E-state index contributed by atoms with van der Waals surface area (Å²) in [4.78, 5) is 23.8. The maximum atomic E-state index is 12.0. The van der Waals surface area contributed by atoms with Crippen molar-refractivity contribution in [2.24, 2.45) is 5.92 Å². The first-order chi connectivity index (χ1) is 8.32. The van der Waals surface area contributed by atoms with E-state index in [1.54, 1.807) is 32.9 Å². The fourth-order valence-electron chi connectivity index (χ4n) is 1.48. The van der Waals surface area contributed by atoms with Crippen LogP contribution in [0, 0.1) is 5.92 Å². The van der Waals surface area contributed by atoms with Crippen LogP contribution in [0.2, 0.25) is 4.34 Å². The van der Waals surface area contributed by atoms with E-state index in [4.69, 9.17) is 16.7 Å². The van der Waals surface area contributed by atoms with Crippen LogP contribution in [0.25, 0.3) is 0 Å². The molecule has 1 aromatic rings. The molecule has 2 atom stereocenters. The molecule has 1 rings (SSSR count). The number of nitrogens with one attached hydrogen (secondary N) is 1. The topological polar surface area (TPSA) is 66.4 Å². The highest BCUT2D eigenvalue weighted by molar-refractivity contribution is 7.16. The summed E-state index contributed by atoms with van der Waals surface area (Å²) in [5, 5.41) is 11.6. The van der Waals surface area contributed by atoms with Gasteiger partial charge >= 0.3 is 5.97 Å². The van der Waals surface area contributed by atoms with Crippen molar-refractivity contribution in [3.63, 3.8) is 0 Å². The average molecular weight is 290 g/mol. The number of carbonyl (C=O) groups excluding carboxylic acids is 1. The van der Waals surface area contributed by atoms with Gasteiger partial charge in [-0.05, 0) is 25.0 Å². The van der Waals surface area contributed by atoms with Crippen LogP contribution >= 0.6 is 22.9 Å². The van der Waals surface area contributed by atoms with E-state index in [0.717, 1.165) is 4.88 Å². The van der Waals surface area contributed by atoms with Gasteiger partial charge in [0.2, 0.25) is 5.91 Å². The Balaban J connectivity index is 2.73. The fourth-order valence-corrected chi connectivity index (χ4v) is 2.59. The van der Waals surface area contributed by atoms with E-state index in [1.165, 1.54) is 11.3 Å². The highest BCUT2D eigenvalue weighted by atomic mass is 35.5. The lowest BCUT2D eigenvalue weighted by Crippen LogP contribution is -2.45. The summed E-state index contributed by atoms with van der Waals surface area (Å²) in [5.74, 6) is -1.88. The highest BCUT2D eigenvalue weighted by Crippen LogP contribution is 2.28. The first-order valence-corrected chi connectivity index (χ1v) is 6.80. The van der Waals surface area contributed by atoms with Crippen molar-refractivity contribution < 1.29 is 14.7 Å². The Morgan fingerprint density at radius 3 is 2.33 bits per heavy atom. The molecule has 0 fully saturated rings. The molecule has 0 spiro atoms. The highest BCUT2D eigenvalue weighted by Gasteiger charge is 2.26. The first-order valence-electron chi connectivity index (χ1n) is 5.61. The third kappa shape index (κ3) is 3.71. The van der Waals surface area contributed by atoms with E-state index in [-0.39, 0.29) is 11.8 Å². The standard InChI is InChI=1S/C12H16ClNO3S/c1-6(2)10(12(16)17)14-11(15)7(3)8-4-5-9(13)18-8/h4-7,10H,1-3H3,(H,14,15)(H,16,17)/t7?,10-/m1/s1. The number of rotatable bonds is 5. The second-order valence-electron chi connectivity index (χ2n) is 4.43. The molecular weight excluding hydrogens is 274 g/mol. The predicted molar refractivity (Wildman–Crippen MR) is 72.1 cm³/mol. The largest absolute Gasteiger partial charge is 0.480 e. The molecule has 0 aliphatic carbocycles. The van der Waals surface area contributed by atoms with E-state index in [1.807, 2.05) is 0 Å². The van der Waals surface area contributed by atoms with Crippen LogP contribution in [0.5, 0.6) is 0 Å². The molecule has 0 bridgehead atoms. The number of aliphatic carboxylic acids is 1. The van der Waals surface area contributed by atoms with E-state index >= 15 is 0 Å². The molecule has 0 aliphatic rings. The number of carboxylic acid groups (broad SMARTS) is 1. The maximum Gasteiger partial charge on any atom is 0.326 e. The van der Waals surface area contributed by atoms with Crippen molar-refractivity contribution in [1.29, 1.82) is 0 Å². The van der Waals surface area contributed by atoms with Crippen LogP contribution in [-0.2, 0) is 9.59 Å². The monoisotopic (exact) mass is 289 g/mol. The van der Waals surface area contributed by atoms with Crippen LogP contribution < -0.4 is 5.32 Å². The molecular formula is C12H16ClNO3S. The number of hydrogen-bond acceptors (Lipinski definition) is 3. The number of hydrogen-bond donors (Lipinski definition) is 2. The number of carboxylic acids is 1. The molecule has 0 saturated carbocycles. The number of thiophene rings is 1. The SMILES string of the molecule is CC(C(=O)N[C@@H](C(=O)O)C(C)C)c1ccc(Cl)s1. The zero-order chi connectivity index (χ0) is 13.9. The maximum absolute atomic E-state index is 12.0. The lowest BCUT2D eigenvalue weighted by Gasteiger charge is -2.20. The third-order valence-electron chi connectivity index (χ3n) is 2.64. The summed E-state index contributed by atoms with van der Waals surface area (Å²) in [6, 6.07) is 2.64. The summed E-state index contributed by atoms with van der Waals surface area (Å²) < 4.78 is 0.614. The quantitative estimate of drug-likeness (QED) is 0.876. The van der Waals surface area contributed by atoms with Crippen LogP contribution in [0.1, 0.15) is 31.6 Å². The van der Waals surface area contributed by atoms with Crippen LogP contribution in [-0.4, -0.2) is 23.0 Å². The molecule has 1 heterocycles. The Labute approximate surface area is 115 Å². The smallest absolute Gasteiger partial charge is 0.326 e. The number of halogens is 1. The Kier molecular flexibility index (Phi) is 5.16. The second-order valence-corrected chi connectivity index (χ2v) is 6.18. The molecule has 0 aliphatic heterocycles. The number of carbonyl (C=O) groups is 2. The van der Waals surface area contributed by atoms with E-state index < -0.39 is 17.9 Å². The summed E-state index contributed by atoms with van der Waals surface area (Å²) in [6.45, 7) is 5.24. The van der Waals surface area contributed by atoms with Gasteiger partial charge in [0.25, 0.3) is 0 Å². The van der Waals surface area contributed by atoms with Crippen LogP contribution in [0.3, 0.4) is 0 Å². The molecule has 0 saturated heterocycles. The van der Waals surface area contributed by atoms with E-state index in [2.05, 4.69) is 5.32 Å². The van der Waals surface area contributed by atoms with Crippen molar-refractivity contribution in [2.75, 3.05) is 0 Å². The summed E-state index contributed by atoms with van der Waals surface area (Å²) >= 11 is 7.13. The van der Waals surface area contributed by atoms with Crippen molar-refractivity contribution in [3.8, 4) is 0 Å². The Hall–Kier alpha value is -1.07. The van der Waals surface area contributed by atoms with E-state index in [9.17, 15) is 9.59 Å². The van der Waals surface area contributed by atoms with Crippen molar-refractivity contribution in [1.82, 2.24) is 5.32 Å². The molecule has 0 aromatic carbocycles. The van der Waals surface area contributed by atoms with Gasteiger partial charge in [-0.25, -0.2) is 4.79 Å². The van der Waals surface area contributed by atoms with Gasteiger partial charge in [0, 0.05) is 4.88 Å². The Morgan fingerprint density at radius 1 is 1.33 bits per heavy atom. The third-order valence-corrected chi connectivity index (χ3v) is 4.06. The van der Waals surface area contributed by atoms with Crippen molar-refractivity contribution in [2.45, 2.75) is 32.7 Å². The predicted octanol–water partition coefficient (Wildman–Crippen LogP) is 2.73. The van der Waals surface area contributed by atoms with Gasteiger partial charge in [0.1, 0.15) is 6.04 Å². The molecule has 18 heavy (non-hydrogen) atoms. The van der Waals surface area contributed by atoms with Gasteiger partial charge in [-0.1, -0.05) is 25.4 Å². The zero-order valence-electron chi connectivity index (χ0n) is 10.4. The van der Waals surface area contributed by atoms with Gasteiger partial charge in [-0.2, -0.15) is 0 Å². The first kappa shape index (κ1) is 15.0. The minimum Gasteiger partial charge on any atom is -0.480 e. The summed E-state index contributed by atoms with van der Waals surface area (Å²) in [6.07, 6.45) is 0. The molecule has 2 N–H and O–H groups in total. The van der Waals surface area contributed by atoms with Gasteiger partial charge in [0.05, 0.1) is 10.3 Å². The van der Waals surface area contributed by atoms with Crippen molar-refractivity contribution in [3.05, 3.63) is 21.3 Å². The van der Waals surface area contributed by atoms with Crippen LogP contribution in [0.15, 0.2) is 12.1 Å². The van der Waals surface area contributed by atoms with Crippen LogP contribution in [0.4, 0.5) is 0 Å². The minimum absolute atomic E-state index is 0.162. The molecule has 0 radical (unpaired) electrons. The van der Waals surface area contributed by atoms with E-state index in [0.29, 0.717) is 4.34 Å². The van der Waals surface area contributed by atoms with Gasteiger partial charge in [-0.3, -0.25) is 4.79 Å². The zero-order valence-corrected chi connectivity index (χ0v) is 12.0. The molecule has 6 heteroatoms. The molecule has 1 amide bonds. The molecule has 100 valence electrons. The lowest BCUT2D eigenvalue weighted by atomic mass is 10.0. The van der Waals surface area contributed by atoms with Gasteiger partial charge in [0.15, 0.2) is 0 Å². The van der Waals surface area contributed by atoms with Crippen molar-refractivity contribution >= 4 is 34.8 Å². The molecule has 4 nitrogen and oxygen atoms in total. The minimum atomic E-state index is -1.02. The Morgan fingerprint density at radius 2 is 1.94 bits per heavy atom. The second kappa shape index (κ2) is 6.20. The van der Waals surface area contributed by atoms with Gasteiger partial charge in [-0.15, -0.1) is 11.3 Å². The fraction of sp³-hybridized carbons (Fsp3) is 0.500. The molecule has 1 unspecified atom stereocenters. The Bertz CT molecular complexity index is 444. The number of amides is 1. The van der Waals surface area contributed by atoms with Gasteiger partial charge < -0.3 is 10.4 Å².